The zero-order valence-corrected chi connectivity index (χ0v) is 14.6. The van der Waals surface area contributed by atoms with Gasteiger partial charge in [-0.2, -0.15) is 0 Å². The summed E-state index contributed by atoms with van der Waals surface area (Å²) in [4.78, 5) is 49.3. The smallest absolute Gasteiger partial charge is 0.254 e. The first-order chi connectivity index (χ1) is 10.9. The van der Waals surface area contributed by atoms with Gasteiger partial charge >= 0.3 is 0 Å². The molecule has 24 heavy (non-hydrogen) atoms. The number of nitrogens with one attached hydrogen (secondary N) is 2. The van der Waals surface area contributed by atoms with E-state index in [9.17, 15) is 19.2 Å². The summed E-state index contributed by atoms with van der Waals surface area (Å²) in [5.41, 5.74) is 2.79. The van der Waals surface area contributed by atoms with Crippen LogP contribution in [0.2, 0.25) is 0 Å². The van der Waals surface area contributed by atoms with E-state index in [1.165, 1.54) is 27.7 Å². The number of hydrogen-bond acceptors (Lipinski definition) is 5. The van der Waals surface area contributed by atoms with E-state index in [0.29, 0.717) is 0 Å². The van der Waals surface area contributed by atoms with Gasteiger partial charge in [-0.3, -0.25) is 24.1 Å². The Balaban J connectivity index is 5.54. The third-order valence-corrected chi connectivity index (χ3v) is 3.15. The van der Waals surface area contributed by atoms with E-state index < -0.39 is 34.7 Å². The summed E-state index contributed by atoms with van der Waals surface area (Å²) in [6.45, 7) is 12.5. The molecule has 0 aliphatic rings. The Morgan fingerprint density at radius 1 is 0.917 bits per heavy atom. The number of rotatable bonds is 8. The summed E-state index contributed by atoms with van der Waals surface area (Å²) in [5, 5.41) is 4.92. The summed E-state index contributed by atoms with van der Waals surface area (Å²) >= 11 is 0. The molecule has 0 saturated carbocycles. The van der Waals surface area contributed by atoms with Crippen molar-refractivity contribution in [3.8, 4) is 0 Å². The number of nitrogens with two attached hydrogens (primary N) is 1. The molecular weight excluding hydrogens is 312 g/mol. The van der Waals surface area contributed by atoms with Crippen molar-refractivity contribution in [2.24, 2.45) is 5.73 Å². The van der Waals surface area contributed by atoms with Crippen molar-refractivity contribution >= 4 is 23.6 Å². The molecule has 8 nitrogen and oxygen atoms in total. The van der Waals surface area contributed by atoms with Gasteiger partial charge in [0.2, 0.25) is 11.8 Å². The van der Waals surface area contributed by atoms with Gasteiger partial charge in [-0.1, -0.05) is 13.2 Å². The van der Waals surface area contributed by atoms with Crippen molar-refractivity contribution in [2.45, 2.75) is 38.8 Å². The number of hydrogen-bond donors (Lipinski definition) is 3. The average Bonchev–Trinajstić information content (AvgIpc) is 2.50. The fourth-order valence-corrected chi connectivity index (χ4v) is 1.92. The van der Waals surface area contributed by atoms with Crippen LogP contribution in [0.4, 0.5) is 0 Å². The van der Waals surface area contributed by atoms with Crippen molar-refractivity contribution < 1.29 is 19.2 Å². The van der Waals surface area contributed by atoms with E-state index in [1.54, 1.807) is 0 Å². The largest absolute Gasteiger partial charge is 0.339 e. The summed E-state index contributed by atoms with van der Waals surface area (Å²) < 4.78 is 0. The van der Waals surface area contributed by atoms with Gasteiger partial charge in [0, 0.05) is 13.1 Å². The third kappa shape index (κ3) is 5.62. The van der Waals surface area contributed by atoms with E-state index in [2.05, 4.69) is 23.8 Å². The van der Waals surface area contributed by atoms with Gasteiger partial charge in [0.15, 0.2) is 0 Å². The van der Waals surface area contributed by atoms with E-state index in [1.807, 2.05) is 0 Å². The molecule has 0 unspecified atom stereocenters. The Morgan fingerprint density at radius 2 is 1.25 bits per heavy atom. The highest BCUT2D eigenvalue weighted by molar-refractivity contribution is 6.06. The van der Waals surface area contributed by atoms with Crippen molar-refractivity contribution in [3.63, 3.8) is 0 Å². The van der Waals surface area contributed by atoms with Crippen LogP contribution in [0.25, 0.3) is 0 Å². The maximum Gasteiger partial charge on any atom is 0.254 e. The van der Waals surface area contributed by atoms with Gasteiger partial charge in [0.25, 0.3) is 11.8 Å². The number of amides is 4. The van der Waals surface area contributed by atoms with Crippen molar-refractivity contribution in [3.05, 3.63) is 25.3 Å². The summed E-state index contributed by atoms with van der Waals surface area (Å²) in [6.07, 6.45) is 2.05. The molecule has 0 aliphatic heterocycles. The highest BCUT2D eigenvalue weighted by atomic mass is 16.2. The highest BCUT2D eigenvalue weighted by Crippen LogP contribution is 2.14. The topological polar surface area (TPSA) is 122 Å². The first kappa shape index (κ1) is 21.5. The number of carbonyl (C=O) groups excluding carboxylic acids is 4. The van der Waals surface area contributed by atoms with Gasteiger partial charge in [0.1, 0.15) is 11.1 Å². The van der Waals surface area contributed by atoms with Gasteiger partial charge in [-0.05, 0) is 39.8 Å². The lowest BCUT2D eigenvalue weighted by atomic mass is 9.98. The predicted molar refractivity (Wildman–Crippen MR) is 90.6 cm³/mol. The molecule has 0 spiro atoms. The molecule has 0 saturated heterocycles. The van der Waals surface area contributed by atoms with Crippen LogP contribution in [0, 0.1) is 0 Å². The molecule has 134 valence electrons. The molecule has 0 heterocycles. The van der Waals surface area contributed by atoms with Gasteiger partial charge in [0.05, 0.1) is 0 Å². The maximum atomic E-state index is 12.7. The van der Waals surface area contributed by atoms with Crippen LogP contribution >= 0.6 is 0 Å². The molecule has 0 radical (unpaired) electrons. The minimum atomic E-state index is -1.35. The second kappa shape index (κ2) is 8.39. The lowest BCUT2D eigenvalue weighted by Gasteiger charge is -2.35. The minimum absolute atomic E-state index is 0.0362. The van der Waals surface area contributed by atoms with Crippen LogP contribution < -0.4 is 16.4 Å². The predicted octanol–water partition coefficient (Wildman–Crippen LogP) is -0.538. The van der Waals surface area contributed by atoms with E-state index in [0.717, 1.165) is 17.1 Å². The van der Waals surface area contributed by atoms with E-state index in [-0.39, 0.29) is 13.1 Å². The Hall–Kier alpha value is -2.48. The molecule has 0 aromatic rings. The fraction of sp³-hybridized carbons (Fsp3) is 0.500. The average molecular weight is 338 g/mol. The van der Waals surface area contributed by atoms with Gasteiger partial charge in [-0.25, -0.2) is 0 Å². The molecule has 0 rings (SSSR count). The number of imide groups is 1. The molecule has 4 amide bonds. The van der Waals surface area contributed by atoms with Gasteiger partial charge in [-0.15, -0.1) is 0 Å². The zero-order chi connectivity index (χ0) is 19.1. The second-order valence-corrected chi connectivity index (χ2v) is 6.19. The molecule has 8 heteroatoms. The minimum Gasteiger partial charge on any atom is -0.339 e. The molecule has 0 bridgehead atoms. The van der Waals surface area contributed by atoms with Crippen molar-refractivity contribution in [2.75, 3.05) is 13.1 Å². The van der Waals surface area contributed by atoms with Crippen LogP contribution in [-0.2, 0) is 19.2 Å². The summed E-state index contributed by atoms with van der Waals surface area (Å²) in [5.74, 6) is -2.39. The molecular formula is C16H26N4O4. The van der Waals surface area contributed by atoms with Crippen LogP contribution in [0.5, 0.6) is 0 Å². The first-order valence-corrected chi connectivity index (χ1v) is 7.38. The highest BCUT2D eigenvalue weighted by Gasteiger charge is 2.41. The Morgan fingerprint density at radius 3 is 1.50 bits per heavy atom. The van der Waals surface area contributed by atoms with Gasteiger partial charge < -0.3 is 16.4 Å². The van der Waals surface area contributed by atoms with E-state index >= 15 is 0 Å². The molecule has 0 aliphatic carbocycles. The normalized spacial score (nSPS) is 11.2. The number of carbonyl (C=O) groups is 4. The first-order valence-electron chi connectivity index (χ1n) is 7.38. The molecule has 4 N–H and O–H groups in total. The number of nitrogens with zero attached hydrogens (tertiary/aromatic N) is 1. The molecule has 0 aromatic heterocycles. The monoisotopic (exact) mass is 338 g/mol. The maximum absolute atomic E-state index is 12.7. The Kier molecular flexibility index (Phi) is 7.53. The SMILES string of the molecule is C=CC(=O)NC(C)(C)C(=O)N(CCN)C(=O)C(C)(C)NC(=O)C=C. The fourth-order valence-electron chi connectivity index (χ4n) is 1.92. The quantitative estimate of drug-likeness (QED) is 0.513. The second-order valence-electron chi connectivity index (χ2n) is 6.19. The van der Waals surface area contributed by atoms with Crippen LogP contribution in [0.1, 0.15) is 27.7 Å². The van der Waals surface area contributed by atoms with Crippen molar-refractivity contribution in [1.29, 1.82) is 0 Å². The molecule has 0 fully saturated rings. The van der Waals surface area contributed by atoms with E-state index in [4.69, 9.17) is 5.73 Å². The van der Waals surface area contributed by atoms with Crippen LogP contribution in [-0.4, -0.2) is 52.7 Å². The lowest BCUT2D eigenvalue weighted by molar-refractivity contribution is -0.153. The standard InChI is InChI=1S/C16H26N4O4/c1-7-11(21)18-15(3,4)13(23)20(10-9-17)14(24)16(5,6)19-12(22)8-2/h7-8H,1-2,9-10,17H2,3-6H3,(H,18,21)(H,19,22). The van der Waals surface area contributed by atoms with Crippen LogP contribution in [0.15, 0.2) is 25.3 Å². The molecule has 0 atom stereocenters. The Bertz CT molecular complexity index is 506. The Labute approximate surface area is 142 Å². The van der Waals surface area contributed by atoms with Crippen LogP contribution in [0.3, 0.4) is 0 Å². The van der Waals surface area contributed by atoms with Crippen molar-refractivity contribution in [1.82, 2.24) is 15.5 Å². The lowest BCUT2D eigenvalue weighted by Crippen LogP contribution is -2.63. The molecule has 0 aromatic carbocycles. The summed E-state index contributed by atoms with van der Waals surface area (Å²) in [7, 11) is 0. The zero-order valence-electron chi connectivity index (χ0n) is 14.6. The summed E-state index contributed by atoms with van der Waals surface area (Å²) in [6, 6.07) is 0. The third-order valence-electron chi connectivity index (χ3n) is 3.15.